The molecule has 1 aliphatic carbocycles. The Morgan fingerprint density at radius 3 is 3.10 bits per heavy atom. The first-order chi connectivity index (χ1) is 10.3. The molecular formula is C14H14INO5. The van der Waals surface area contributed by atoms with Gasteiger partial charge in [0.1, 0.15) is 10.9 Å². The zero-order chi connectivity index (χ0) is 14.7. The number of carbonyl (C=O) groups excluding carboxylic acids is 1. The highest BCUT2D eigenvalue weighted by Gasteiger charge is 2.36. The molecule has 7 heteroatoms. The lowest BCUT2D eigenvalue weighted by molar-refractivity contribution is -0.0531. The van der Waals surface area contributed by atoms with E-state index in [2.05, 4.69) is 28.7 Å². The van der Waals surface area contributed by atoms with Crippen molar-refractivity contribution in [2.24, 2.45) is 0 Å². The summed E-state index contributed by atoms with van der Waals surface area (Å²) >= 11 is 2.05. The maximum atomic E-state index is 11.8. The smallest absolute Gasteiger partial charge is 0.419 e. The second-order valence-electron chi connectivity index (χ2n) is 4.53. The number of halogens is 1. The maximum Gasteiger partial charge on any atom is 0.419 e. The minimum atomic E-state index is -0.579. The van der Waals surface area contributed by atoms with Gasteiger partial charge >= 0.3 is 6.09 Å². The summed E-state index contributed by atoms with van der Waals surface area (Å²) < 4.78 is 21.9. The summed E-state index contributed by atoms with van der Waals surface area (Å²) in [5.74, 6) is 0.926. The Bertz CT molecular complexity index is 552. The van der Waals surface area contributed by atoms with Crippen molar-refractivity contribution < 1.29 is 23.7 Å². The van der Waals surface area contributed by atoms with Crippen LogP contribution in [0.5, 0.6) is 0 Å². The lowest BCUT2D eigenvalue weighted by atomic mass is 10.0. The van der Waals surface area contributed by atoms with E-state index in [0.717, 1.165) is 18.4 Å². The molecule has 2 aliphatic heterocycles. The first-order valence-electron chi connectivity index (χ1n) is 6.53. The number of carbonyl (C=O) groups is 1. The average molecular weight is 403 g/mol. The SMILES string of the molecule is O=C1O[C@@H](OCI)CN1C1=COC=C(C2=CC=CCC2)O1. The molecule has 0 unspecified atom stereocenters. The zero-order valence-electron chi connectivity index (χ0n) is 11.2. The molecule has 0 spiro atoms. The van der Waals surface area contributed by atoms with Crippen molar-refractivity contribution >= 4 is 28.7 Å². The second-order valence-corrected chi connectivity index (χ2v) is 5.16. The Balaban J connectivity index is 1.67. The van der Waals surface area contributed by atoms with Crippen molar-refractivity contribution in [3.63, 3.8) is 0 Å². The van der Waals surface area contributed by atoms with Gasteiger partial charge in [0.25, 0.3) is 0 Å². The monoisotopic (exact) mass is 403 g/mol. The normalized spacial score (nSPS) is 24.6. The third-order valence-corrected chi connectivity index (χ3v) is 3.55. The number of hydrogen-bond acceptors (Lipinski definition) is 5. The summed E-state index contributed by atoms with van der Waals surface area (Å²) in [5, 5.41) is 0. The van der Waals surface area contributed by atoms with E-state index in [1.807, 2.05) is 12.2 Å². The fourth-order valence-corrected chi connectivity index (χ4v) is 2.56. The fraction of sp³-hybridized carbons (Fsp3) is 0.357. The van der Waals surface area contributed by atoms with Gasteiger partial charge in [-0.05, 0) is 18.4 Å². The summed E-state index contributed by atoms with van der Waals surface area (Å²) in [6.45, 7) is 0.281. The van der Waals surface area contributed by atoms with E-state index >= 15 is 0 Å². The van der Waals surface area contributed by atoms with Gasteiger partial charge < -0.3 is 18.9 Å². The number of cyclic esters (lactones) is 1. The first kappa shape index (κ1) is 14.5. The van der Waals surface area contributed by atoms with E-state index < -0.39 is 12.4 Å². The van der Waals surface area contributed by atoms with Crippen molar-refractivity contribution in [3.8, 4) is 0 Å². The van der Waals surface area contributed by atoms with Gasteiger partial charge in [0, 0.05) is 0 Å². The molecule has 0 N–H and O–H groups in total. The number of rotatable bonds is 4. The van der Waals surface area contributed by atoms with Gasteiger partial charge in [0.05, 0.1) is 6.54 Å². The van der Waals surface area contributed by atoms with E-state index in [0.29, 0.717) is 16.3 Å². The fourth-order valence-electron chi connectivity index (χ4n) is 2.16. The standard InChI is InChI=1S/C14H14INO5/c15-9-19-13-6-16(14(17)21-13)12-8-18-7-11(20-12)10-4-2-1-3-5-10/h1-2,4,7-8,13H,3,5-6,9H2/t13-/m1/s1. The quantitative estimate of drug-likeness (QED) is 0.534. The second kappa shape index (κ2) is 6.52. The van der Waals surface area contributed by atoms with Gasteiger partial charge in [-0.25, -0.2) is 9.69 Å². The molecule has 2 heterocycles. The molecule has 0 aromatic heterocycles. The van der Waals surface area contributed by atoms with Crippen LogP contribution in [0.3, 0.4) is 0 Å². The van der Waals surface area contributed by atoms with Crippen LogP contribution in [0.15, 0.2) is 48.0 Å². The zero-order valence-corrected chi connectivity index (χ0v) is 13.3. The number of allylic oxidation sites excluding steroid dienone is 4. The predicted molar refractivity (Wildman–Crippen MR) is 81.7 cm³/mol. The Morgan fingerprint density at radius 1 is 1.43 bits per heavy atom. The van der Waals surface area contributed by atoms with Crippen molar-refractivity contribution in [2.45, 2.75) is 19.1 Å². The maximum absolute atomic E-state index is 11.8. The number of amides is 1. The molecule has 0 bridgehead atoms. The molecule has 1 fully saturated rings. The summed E-state index contributed by atoms with van der Waals surface area (Å²) in [6.07, 6.45) is 9.73. The Morgan fingerprint density at radius 2 is 2.33 bits per heavy atom. The lowest BCUT2D eigenvalue weighted by Crippen LogP contribution is -2.27. The van der Waals surface area contributed by atoms with Crippen LogP contribution in [-0.2, 0) is 18.9 Å². The van der Waals surface area contributed by atoms with Crippen molar-refractivity contribution in [2.75, 3.05) is 11.2 Å². The van der Waals surface area contributed by atoms with Crippen LogP contribution in [0.4, 0.5) is 4.79 Å². The molecule has 3 rings (SSSR count). The Kier molecular flexibility index (Phi) is 4.49. The van der Waals surface area contributed by atoms with E-state index in [1.165, 1.54) is 17.4 Å². The third kappa shape index (κ3) is 3.24. The van der Waals surface area contributed by atoms with Crippen LogP contribution in [0.1, 0.15) is 12.8 Å². The van der Waals surface area contributed by atoms with Crippen LogP contribution in [0.25, 0.3) is 0 Å². The molecule has 0 radical (unpaired) electrons. The Hall–Kier alpha value is -1.48. The minimum Gasteiger partial charge on any atom is -0.463 e. The molecule has 112 valence electrons. The van der Waals surface area contributed by atoms with E-state index in [1.54, 1.807) is 0 Å². The first-order valence-corrected chi connectivity index (χ1v) is 8.06. The molecule has 0 aromatic carbocycles. The lowest BCUT2D eigenvalue weighted by Gasteiger charge is -2.23. The largest absolute Gasteiger partial charge is 0.463 e. The molecular weight excluding hydrogens is 389 g/mol. The van der Waals surface area contributed by atoms with Crippen LogP contribution in [0, 0.1) is 0 Å². The van der Waals surface area contributed by atoms with E-state index in [4.69, 9.17) is 18.9 Å². The molecule has 1 saturated heterocycles. The highest BCUT2D eigenvalue weighted by molar-refractivity contribution is 14.1. The average Bonchev–Trinajstić information content (AvgIpc) is 2.89. The summed E-state index contributed by atoms with van der Waals surface area (Å²) in [6, 6.07) is 0. The van der Waals surface area contributed by atoms with E-state index in [-0.39, 0.29) is 6.54 Å². The summed E-state index contributed by atoms with van der Waals surface area (Å²) in [4.78, 5) is 13.2. The van der Waals surface area contributed by atoms with Crippen LogP contribution < -0.4 is 0 Å². The molecule has 1 amide bonds. The number of ether oxygens (including phenoxy) is 4. The molecule has 1 atom stereocenters. The van der Waals surface area contributed by atoms with Crippen LogP contribution in [-0.4, -0.2) is 28.4 Å². The summed E-state index contributed by atoms with van der Waals surface area (Å²) in [5.41, 5.74) is 1.04. The topological polar surface area (TPSA) is 57.2 Å². The molecule has 6 nitrogen and oxygen atoms in total. The van der Waals surface area contributed by atoms with Gasteiger partial charge in [0.15, 0.2) is 12.0 Å². The van der Waals surface area contributed by atoms with Gasteiger partial charge in [-0.15, -0.1) is 0 Å². The van der Waals surface area contributed by atoms with Crippen molar-refractivity contribution in [3.05, 3.63) is 48.0 Å². The molecule has 3 aliphatic rings. The number of nitrogens with zero attached hydrogens (tertiary/aromatic N) is 1. The number of hydrogen-bond donors (Lipinski definition) is 0. The Labute approximate surface area is 135 Å². The minimum absolute atomic E-state index is 0.281. The summed E-state index contributed by atoms with van der Waals surface area (Å²) in [7, 11) is 0. The van der Waals surface area contributed by atoms with Gasteiger partial charge in [-0.2, -0.15) is 0 Å². The molecule has 0 saturated carbocycles. The van der Waals surface area contributed by atoms with Crippen LogP contribution >= 0.6 is 22.6 Å². The van der Waals surface area contributed by atoms with Gasteiger partial charge in [-0.3, -0.25) is 0 Å². The highest BCUT2D eigenvalue weighted by atomic mass is 127. The molecule has 21 heavy (non-hydrogen) atoms. The van der Waals surface area contributed by atoms with Crippen molar-refractivity contribution in [1.82, 2.24) is 4.90 Å². The number of alkyl halides is 1. The van der Waals surface area contributed by atoms with Crippen molar-refractivity contribution in [1.29, 1.82) is 0 Å². The highest BCUT2D eigenvalue weighted by Crippen LogP contribution is 2.29. The van der Waals surface area contributed by atoms with Gasteiger partial charge in [0.2, 0.25) is 12.2 Å². The molecule has 0 aromatic rings. The van der Waals surface area contributed by atoms with Gasteiger partial charge in [-0.1, -0.05) is 40.8 Å². The third-order valence-electron chi connectivity index (χ3n) is 3.19. The predicted octanol–water partition coefficient (Wildman–Crippen LogP) is 3.14. The van der Waals surface area contributed by atoms with E-state index in [9.17, 15) is 4.79 Å². The van der Waals surface area contributed by atoms with Crippen LogP contribution in [0.2, 0.25) is 0 Å².